The summed E-state index contributed by atoms with van der Waals surface area (Å²) in [5, 5.41) is 7.75. The maximum Gasteiger partial charge on any atom is -0.000139 e. The van der Waals surface area contributed by atoms with Gasteiger partial charge >= 0.3 is 0 Å². The zero-order chi connectivity index (χ0) is 36.4. The largest absolute Gasteiger partial charge is 0.0622 e. The number of fused-ring (bicyclic) bond motifs is 3. The van der Waals surface area contributed by atoms with Gasteiger partial charge in [-0.15, -0.1) is 0 Å². The van der Waals surface area contributed by atoms with E-state index in [-0.39, 0.29) is 10.8 Å². The van der Waals surface area contributed by atoms with Crippen LogP contribution in [-0.2, 0) is 10.8 Å². The predicted octanol–water partition coefficient (Wildman–Crippen LogP) is 15.0. The Morgan fingerprint density at radius 2 is 0.615 bits per heavy atom. The van der Waals surface area contributed by atoms with Gasteiger partial charge in [0, 0.05) is 0 Å². The van der Waals surface area contributed by atoms with Crippen LogP contribution in [0.4, 0.5) is 0 Å². The van der Waals surface area contributed by atoms with Crippen LogP contribution in [0.15, 0.2) is 146 Å². The van der Waals surface area contributed by atoms with Gasteiger partial charge in [0.1, 0.15) is 0 Å². The van der Waals surface area contributed by atoms with Gasteiger partial charge in [-0.05, 0) is 125 Å². The Labute approximate surface area is 309 Å². The molecule has 8 rings (SSSR count). The molecule has 0 spiro atoms. The Balaban J connectivity index is 1.77. The quantitative estimate of drug-likeness (QED) is 0.163. The van der Waals surface area contributed by atoms with Crippen molar-refractivity contribution in [2.45, 2.75) is 66.2 Å². The lowest BCUT2D eigenvalue weighted by Crippen LogP contribution is -2.11. The van der Waals surface area contributed by atoms with E-state index in [4.69, 9.17) is 0 Å². The SMILES string of the molecule is Cc1ccc(-c2c3cc(C(C)(C)C)ccc3c(-c3ccccc3)c3c(-c4ccc(C)cc4)c4cc(C(C)(C)C)ccc4c(-c4ccccc4)c23)cc1. The second-order valence-electron chi connectivity index (χ2n) is 16.7. The summed E-state index contributed by atoms with van der Waals surface area (Å²) in [6, 6.07) is 55.2. The smallest absolute Gasteiger partial charge is 0.000139 e. The number of aryl methyl sites for hydroxylation is 2. The van der Waals surface area contributed by atoms with Gasteiger partial charge < -0.3 is 0 Å². The van der Waals surface area contributed by atoms with Gasteiger partial charge in [0.15, 0.2) is 0 Å². The molecule has 0 N–H and O–H groups in total. The van der Waals surface area contributed by atoms with Crippen molar-refractivity contribution in [3.63, 3.8) is 0 Å². The lowest BCUT2D eigenvalue weighted by Gasteiger charge is -2.28. The number of hydrogen-bond acceptors (Lipinski definition) is 0. The standard InChI is InChI=1S/C52H48/c1-33-19-23-37(24-20-33)47-43-31-39(51(3,4)5)27-29-41(43)46(36-17-13-10-14-18-36)50-48(38-25-21-34(2)22-26-38)44-32-40(52(6,7)8)28-30-42(44)45(49(47)50)35-15-11-9-12-16-35/h9-32H,1-8H3. The van der Waals surface area contributed by atoms with E-state index in [0.717, 1.165) is 0 Å². The van der Waals surface area contributed by atoms with E-state index in [9.17, 15) is 0 Å². The van der Waals surface area contributed by atoms with E-state index in [1.165, 1.54) is 99.1 Å². The summed E-state index contributed by atoms with van der Waals surface area (Å²) >= 11 is 0. The summed E-state index contributed by atoms with van der Waals surface area (Å²) in [7, 11) is 0. The molecule has 0 radical (unpaired) electrons. The molecule has 0 bridgehead atoms. The summed E-state index contributed by atoms with van der Waals surface area (Å²) in [5.41, 5.74) is 15.3. The maximum atomic E-state index is 2.49. The van der Waals surface area contributed by atoms with Gasteiger partial charge in [-0.1, -0.05) is 186 Å². The first-order valence-corrected chi connectivity index (χ1v) is 18.7. The second-order valence-corrected chi connectivity index (χ2v) is 16.7. The van der Waals surface area contributed by atoms with E-state index < -0.39 is 0 Å². The molecule has 0 aliphatic heterocycles. The zero-order valence-electron chi connectivity index (χ0n) is 31.9. The molecule has 0 fully saturated rings. The van der Waals surface area contributed by atoms with Crippen LogP contribution in [0.2, 0.25) is 0 Å². The molecule has 0 aliphatic carbocycles. The molecular formula is C52H48. The first kappa shape index (κ1) is 33.7. The second kappa shape index (κ2) is 12.6. The Morgan fingerprint density at radius 1 is 0.308 bits per heavy atom. The first-order valence-electron chi connectivity index (χ1n) is 18.7. The Hall–Kier alpha value is -5.46. The van der Waals surface area contributed by atoms with Gasteiger partial charge in [0.05, 0.1) is 0 Å². The van der Waals surface area contributed by atoms with E-state index in [0.29, 0.717) is 0 Å². The third kappa shape index (κ3) is 5.81. The fraction of sp³-hybridized carbons (Fsp3) is 0.192. The van der Waals surface area contributed by atoms with E-state index >= 15 is 0 Å². The normalized spacial score (nSPS) is 12.2. The van der Waals surface area contributed by atoms with Crippen molar-refractivity contribution in [2.75, 3.05) is 0 Å². The van der Waals surface area contributed by atoms with Gasteiger partial charge in [-0.2, -0.15) is 0 Å². The van der Waals surface area contributed by atoms with Crippen molar-refractivity contribution in [3.05, 3.63) is 168 Å². The van der Waals surface area contributed by atoms with Crippen LogP contribution >= 0.6 is 0 Å². The Morgan fingerprint density at radius 3 is 0.942 bits per heavy atom. The average Bonchev–Trinajstić information content (AvgIpc) is 3.13. The van der Waals surface area contributed by atoms with Crippen molar-refractivity contribution in [1.82, 2.24) is 0 Å². The number of benzene rings is 8. The van der Waals surface area contributed by atoms with Gasteiger partial charge in [-0.25, -0.2) is 0 Å². The van der Waals surface area contributed by atoms with E-state index in [1.54, 1.807) is 0 Å². The average molecular weight is 673 g/mol. The van der Waals surface area contributed by atoms with Crippen LogP contribution in [0.25, 0.3) is 76.8 Å². The molecule has 0 unspecified atom stereocenters. The molecule has 0 saturated carbocycles. The molecule has 0 heterocycles. The summed E-state index contributed by atoms with van der Waals surface area (Å²) in [6.45, 7) is 18.3. The van der Waals surface area contributed by atoms with Crippen LogP contribution in [0.5, 0.6) is 0 Å². The number of rotatable bonds is 4. The minimum Gasteiger partial charge on any atom is -0.0622 e. The predicted molar refractivity (Wildman–Crippen MR) is 228 cm³/mol. The third-order valence-corrected chi connectivity index (χ3v) is 10.9. The lowest BCUT2D eigenvalue weighted by atomic mass is 9.75. The van der Waals surface area contributed by atoms with Crippen LogP contribution in [0.1, 0.15) is 63.8 Å². The maximum absolute atomic E-state index is 2.49. The van der Waals surface area contributed by atoms with Gasteiger partial charge in [0.25, 0.3) is 0 Å². The third-order valence-electron chi connectivity index (χ3n) is 10.9. The molecule has 0 atom stereocenters. The number of hydrogen-bond donors (Lipinski definition) is 0. The van der Waals surface area contributed by atoms with Crippen LogP contribution in [-0.4, -0.2) is 0 Å². The molecular weight excluding hydrogens is 625 g/mol. The Kier molecular flexibility index (Phi) is 8.19. The molecule has 8 aromatic carbocycles. The summed E-state index contributed by atoms with van der Waals surface area (Å²) in [5.74, 6) is 0. The van der Waals surface area contributed by atoms with E-state index in [2.05, 4.69) is 201 Å². The minimum absolute atomic E-state index is 0.0112. The summed E-state index contributed by atoms with van der Waals surface area (Å²) in [6.07, 6.45) is 0. The molecule has 0 heteroatoms. The molecule has 0 aliphatic rings. The van der Waals surface area contributed by atoms with Gasteiger partial charge in [-0.3, -0.25) is 0 Å². The first-order chi connectivity index (χ1) is 24.9. The van der Waals surface area contributed by atoms with Crippen molar-refractivity contribution >= 4 is 32.3 Å². The molecule has 0 aromatic heterocycles. The highest BCUT2D eigenvalue weighted by Crippen LogP contribution is 2.54. The van der Waals surface area contributed by atoms with Crippen LogP contribution in [0.3, 0.4) is 0 Å². The highest BCUT2D eigenvalue weighted by atomic mass is 14.3. The molecule has 0 saturated heterocycles. The van der Waals surface area contributed by atoms with Crippen LogP contribution in [0, 0.1) is 13.8 Å². The molecule has 0 nitrogen and oxygen atoms in total. The highest BCUT2D eigenvalue weighted by molar-refractivity contribution is 6.34. The highest BCUT2D eigenvalue weighted by Gasteiger charge is 2.28. The summed E-state index contributed by atoms with van der Waals surface area (Å²) in [4.78, 5) is 0. The zero-order valence-corrected chi connectivity index (χ0v) is 31.9. The lowest BCUT2D eigenvalue weighted by molar-refractivity contribution is 0.591. The molecule has 8 aromatic rings. The monoisotopic (exact) mass is 672 g/mol. The fourth-order valence-electron chi connectivity index (χ4n) is 8.01. The molecule has 52 heavy (non-hydrogen) atoms. The van der Waals surface area contributed by atoms with Crippen molar-refractivity contribution < 1.29 is 0 Å². The topological polar surface area (TPSA) is 0 Å². The van der Waals surface area contributed by atoms with Gasteiger partial charge in [0.2, 0.25) is 0 Å². The minimum atomic E-state index is -0.0112. The van der Waals surface area contributed by atoms with Crippen LogP contribution < -0.4 is 0 Å². The van der Waals surface area contributed by atoms with Crippen molar-refractivity contribution in [3.8, 4) is 44.5 Å². The van der Waals surface area contributed by atoms with Crippen molar-refractivity contribution in [1.29, 1.82) is 0 Å². The fourth-order valence-corrected chi connectivity index (χ4v) is 8.01. The van der Waals surface area contributed by atoms with Crippen molar-refractivity contribution in [2.24, 2.45) is 0 Å². The summed E-state index contributed by atoms with van der Waals surface area (Å²) < 4.78 is 0. The molecule has 256 valence electrons. The Bertz CT molecular complexity index is 2400. The van der Waals surface area contributed by atoms with E-state index in [1.807, 2.05) is 0 Å². The molecule has 0 amide bonds.